The second kappa shape index (κ2) is 9.12. The molecular weight excluding hydrogens is 314 g/mol. The van der Waals surface area contributed by atoms with Crippen molar-refractivity contribution in [2.24, 2.45) is 5.73 Å². The SMILES string of the molecule is COc1cccc(OCCCNC(=O)c2csc(CCN)n2)c1. The van der Waals surface area contributed by atoms with Crippen molar-refractivity contribution in [2.75, 3.05) is 26.8 Å². The molecule has 0 bridgehead atoms. The largest absolute Gasteiger partial charge is 0.497 e. The van der Waals surface area contributed by atoms with Gasteiger partial charge in [-0.25, -0.2) is 4.98 Å². The summed E-state index contributed by atoms with van der Waals surface area (Å²) in [6.45, 7) is 1.59. The Hall–Kier alpha value is -2.12. The number of nitrogens with zero attached hydrogens (tertiary/aromatic N) is 1. The summed E-state index contributed by atoms with van der Waals surface area (Å²) >= 11 is 1.46. The second-order valence-corrected chi connectivity index (χ2v) is 5.74. The van der Waals surface area contributed by atoms with E-state index in [9.17, 15) is 4.79 Å². The van der Waals surface area contributed by atoms with Gasteiger partial charge in [0.1, 0.15) is 17.2 Å². The number of amides is 1. The molecule has 7 heteroatoms. The molecule has 1 aromatic carbocycles. The first kappa shape index (κ1) is 17.2. The third-order valence-corrected chi connectivity index (χ3v) is 3.97. The lowest BCUT2D eigenvalue weighted by Gasteiger charge is -2.08. The molecule has 0 radical (unpaired) electrons. The Labute approximate surface area is 139 Å². The minimum Gasteiger partial charge on any atom is -0.497 e. The number of hydrogen-bond acceptors (Lipinski definition) is 6. The summed E-state index contributed by atoms with van der Waals surface area (Å²) in [5.74, 6) is 1.35. The third-order valence-electron chi connectivity index (χ3n) is 3.06. The molecule has 0 saturated heterocycles. The van der Waals surface area contributed by atoms with E-state index in [1.54, 1.807) is 12.5 Å². The summed E-state index contributed by atoms with van der Waals surface area (Å²) in [5.41, 5.74) is 5.92. The van der Waals surface area contributed by atoms with Gasteiger partial charge in [0, 0.05) is 24.4 Å². The maximum Gasteiger partial charge on any atom is 0.270 e. The lowest BCUT2D eigenvalue weighted by atomic mass is 10.3. The van der Waals surface area contributed by atoms with Crippen LogP contribution >= 0.6 is 11.3 Å². The molecule has 2 rings (SSSR count). The fraction of sp³-hybridized carbons (Fsp3) is 0.375. The highest BCUT2D eigenvalue weighted by Crippen LogP contribution is 2.18. The van der Waals surface area contributed by atoms with Crippen molar-refractivity contribution in [2.45, 2.75) is 12.8 Å². The van der Waals surface area contributed by atoms with Gasteiger partial charge in [0.15, 0.2) is 0 Å². The van der Waals surface area contributed by atoms with E-state index in [1.165, 1.54) is 11.3 Å². The van der Waals surface area contributed by atoms with Crippen LogP contribution in [0.3, 0.4) is 0 Å². The first-order chi connectivity index (χ1) is 11.2. The average molecular weight is 335 g/mol. The third kappa shape index (κ3) is 5.54. The van der Waals surface area contributed by atoms with Crippen molar-refractivity contribution in [3.63, 3.8) is 0 Å². The molecule has 0 aliphatic heterocycles. The van der Waals surface area contributed by atoms with E-state index in [1.807, 2.05) is 24.3 Å². The molecule has 0 atom stereocenters. The lowest BCUT2D eigenvalue weighted by Crippen LogP contribution is -2.25. The number of hydrogen-bond donors (Lipinski definition) is 2. The highest BCUT2D eigenvalue weighted by atomic mass is 32.1. The van der Waals surface area contributed by atoms with Crippen molar-refractivity contribution >= 4 is 17.2 Å². The van der Waals surface area contributed by atoms with Crippen LogP contribution < -0.4 is 20.5 Å². The van der Waals surface area contributed by atoms with Crippen LogP contribution in [0.15, 0.2) is 29.6 Å². The van der Waals surface area contributed by atoms with Crippen LogP contribution in [0.2, 0.25) is 0 Å². The van der Waals surface area contributed by atoms with Gasteiger partial charge in [0.05, 0.1) is 18.7 Å². The van der Waals surface area contributed by atoms with Gasteiger partial charge >= 0.3 is 0 Å². The fourth-order valence-electron chi connectivity index (χ4n) is 1.90. The van der Waals surface area contributed by atoms with Crippen molar-refractivity contribution in [1.29, 1.82) is 0 Å². The number of ether oxygens (including phenoxy) is 2. The van der Waals surface area contributed by atoms with Crippen LogP contribution in [0, 0.1) is 0 Å². The molecule has 2 aromatic rings. The molecule has 0 saturated carbocycles. The zero-order valence-corrected chi connectivity index (χ0v) is 13.9. The van der Waals surface area contributed by atoms with Crippen molar-refractivity contribution < 1.29 is 14.3 Å². The monoisotopic (exact) mass is 335 g/mol. The predicted octanol–water partition coefficient (Wildman–Crippen LogP) is 1.85. The van der Waals surface area contributed by atoms with Gasteiger partial charge in [0.25, 0.3) is 5.91 Å². The number of thiazole rings is 1. The summed E-state index contributed by atoms with van der Waals surface area (Å²) in [6.07, 6.45) is 1.41. The number of benzene rings is 1. The van der Waals surface area contributed by atoms with E-state index in [-0.39, 0.29) is 5.91 Å². The quantitative estimate of drug-likeness (QED) is 0.683. The molecule has 3 N–H and O–H groups in total. The van der Waals surface area contributed by atoms with Gasteiger partial charge in [0.2, 0.25) is 0 Å². The van der Waals surface area contributed by atoms with Crippen LogP contribution in [0.5, 0.6) is 11.5 Å². The van der Waals surface area contributed by atoms with E-state index >= 15 is 0 Å². The summed E-state index contributed by atoms with van der Waals surface area (Å²) in [6, 6.07) is 7.43. The van der Waals surface area contributed by atoms with Gasteiger partial charge in [-0.2, -0.15) is 0 Å². The number of nitrogens with one attached hydrogen (secondary N) is 1. The molecule has 1 heterocycles. The summed E-state index contributed by atoms with van der Waals surface area (Å²) in [5, 5.41) is 5.48. The minimum absolute atomic E-state index is 0.161. The van der Waals surface area contributed by atoms with Gasteiger partial charge in [-0.1, -0.05) is 6.07 Å². The molecule has 0 aliphatic rings. The number of carbonyl (C=O) groups excluding carboxylic acids is 1. The predicted molar refractivity (Wildman–Crippen MR) is 90.3 cm³/mol. The lowest BCUT2D eigenvalue weighted by molar-refractivity contribution is 0.0947. The second-order valence-electron chi connectivity index (χ2n) is 4.80. The molecule has 1 amide bonds. The average Bonchev–Trinajstić information content (AvgIpc) is 3.04. The molecule has 0 unspecified atom stereocenters. The van der Waals surface area contributed by atoms with Crippen LogP contribution in [0.25, 0.3) is 0 Å². The smallest absolute Gasteiger partial charge is 0.270 e. The van der Waals surface area contributed by atoms with Crippen molar-refractivity contribution in [1.82, 2.24) is 10.3 Å². The summed E-state index contributed by atoms with van der Waals surface area (Å²) in [7, 11) is 1.62. The molecule has 0 aliphatic carbocycles. The molecule has 0 spiro atoms. The standard InChI is InChI=1S/C16H21N3O3S/c1-21-12-4-2-5-13(10-12)22-9-3-8-18-16(20)14-11-23-15(19-14)6-7-17/h2,4-5,10-11H,3,6-9,17H2,1H3,(H,18,20). The Morgan fingerprint density at radius 1 is 1.39 bits per heavy atom. The molecule has 124 valence electrons. The number of aromatic nitrogens is 1. The Morgan fingerprint density at radius 3 is 3.00 bits per heavy atom. The van der Waals surface area contributed by atoms with Crippen molar-refractivity contribution in [3.8, 4) is 11.5 Å². The van der Waals surface area contributed by atoms with E-state index in [0.29, 0.717) is 38.2 Å². The molecule has 0 fully saturated rings. The van der Waals surface area contributed by atoms with E-state index in [4.69, 9.17) is 15.2 Å². The normalized spacial score (nSPS) is 10.3. The Morgan fingerprint density at radius 2 is 2.22 bits per heavy atom. The van der Waals surface area contributed by atoms with E-state index in [0.717, 1.165) is 16.5 Å². The highest BCUT2D eigenvalue weighted by molar-refractivity contribution is 7.09. The van der Waals surface area contributed by atoms with Crippen LogP contribution in [0.4, 0.5) is 0 Å². The summed E-state index contributed by atoms with van der Waals surface area (Å²) in [4.78, 5) is 16.2. The van der Waals surface area contributed by atoms with Gasteiger partial charge in [-0.3, -0.25) is 4.79 Å². The number of methoxy groups -OCH3 is 1. The van der Waals surface area contributed by atoms with Gasteiger partial charge < -0.3 is 20.5 Å². The van der Waals surface area contributed by atoms with Gasteiger partial charge in [-0.05, 0) is 25.1 Å². The minimum atomic E-state index is -0.161. The van der Waals surface area contributed by atoms with Gasteiger partial charge in [-0.15, -0.1) is 11.3 Å². The number of nitrogens with two attached hydrogens (primary N) is 1. The maximum atomic E-state index is 11.9. The van der Waals surface area contributed by atoms with Crippen LogP contribution in [-0.2, 0) is 6.42 Å². The zero-order valence-electron chi connectivity index (χ0n) is 13.1. The van der Waals surface area contributed by atoms with Crippen molar-refractivity contribution in [3.05, 3.63) is 40.3 Å². The summed E-state index contributed by atoms with van der Waals surface area (Å²) < 4.78 is 10.7. The maximum absolute atomic E-state index is 11.9. The number of rotatable bonds is 9. The first-order valence-corrected chi connectivity index (χ1v) is 8.30. The molecular formula is C16H21N3O3S. The Kier molecular flexibility index (Phi) is 6.83. The molecule has 1 aromatic heterocycles. The number of carbonyl (C=O) groups is 1. The van der Waals surface area contributed by atoms with Crippen LogP contribution in [-0.4, -0.2) is 37.7 Å². The van der Waals surface area contributed by atoms with E-state index in [2.05, 4.69) is 10.3 Å². The Balaban J connectivity index is 1.67. The highest BCUT2D eigenvalue weighted by Gasteiger charge is 2.09. The van der Waals surface area contributed by atoms with Crippen LogP contribution in [0.1, 0.15) is 21.9 Å². The topological polar surface area (TPSA) is 86.5 Å². The Bertz CT molecular complexity index is 631. The first-order valence-electron chi connectivity index (χ1n) is 7.42. The zero-order chi connectivity index (χ0) is 16.5. The molecule has 6 nitrogen and oxygen atoms in total. The van der Waals surface area contributed by atoms with E-state index < -0.39 is 0 Å². The fourth-order valence-corrected chi connectivity index (χ4v) is 2.69. The molecule has 23 heavy (non-hydrogen) atoms.